The van der Waals surface area contributed by atoms with Crippen LogP contribution in [0.2, 0.25) is 0 Å². The SMILES string of the molecule is CC(Sc1nnc(N2CCCCC2)n1C1CC1)C(=O)NCC(=O)Nc1ccc(F)c(F)c1F. The molecule has 2 aromatic rings. The van der Waals surface area contributed by atoms with Gasteiger partial charge in [-0.2, -0.15) is 0 Å². The molecule has 1 unspecified atom stereocenters. The number of benzene rings is 1. The Balaban J connectivity index is 1.33. The van der Waals surface area contributed by atoms with Gasteiger partial charge in [-0.25, -0.2) is 13.2 Å². The van der Waals surface area contributed by atoms with E-state index >= 15 is 0 Å². The third kappa shape index (κ3) is 5.43. The number of carbonyl (C=O) groups excluding carboxylic acids is 2. The standard InChI is InChI=1S/C21H25F3N6O2S/c1-12(19(32)25-11-16(31)26-15-8-7-14(22)17(23)18(15)24)33-21-28-27-20(30(21)13-5-6-13)29-9-3-2-4-10-29/h7-8,12-13H,2-6,9-11H2,1H3,(H,25,32)(H,26,31). The Labute approximate surface area is 193 Å². The first kappa shape index (κ1) is 23.4. The number of amides is 2. The number of piperidine rings is 1. The second-order valence-corrected chi connectivity index (χ2v) is 9.49. The summed E-state index contributed by atoms with van der Waals surface area (Å²) in [5.41, 5.74) is -0.502. The molecule has 0 spiro atoms. The molecule has 2 aliphatic rings. The molecule has 0 bridgehead atoms. The zero-order valence-corrected chi connectivity index (χ0v) is 18.9. The lowest BCUT2D eigenvalue weighted by molar-refractivity contribution is -0.123. The monoisotopic (exact) mass is 482 g/mol. The first-order valence-corrected chi connectivity index (χ1v) is 11.8. The van der Waals surface area contributed by atoms with Crippen LogP contribution < -0.4 is 15.5 Å². The number of anilines is 2. The number of hydrogen-bond donors (Lipinski definition) is 2. The van der Waals surface area contributed by atoms with Crippen LogP contribution in [0.1, 0.15) is 45.1 Å². The minimum absolute atomic E-state index is 0.339. The van der Waals surface area contributed by atoms with Crippen molar-refractivity contribution in [3.05, 3.63) is 29.6 Å². The number of thioether (sulfide) groups is 1. The fourth-order valence-electron chi connectivity index (χ4n) is 3.65. The zero-order chi connectivity index (χ0) is 23.5. The Morgan fingerprint density at radius 2 is 1.85 bits per heavy atom. The predicted octanol–water partition coefficient (Wildman–Crippen LogP) is 3.26. The molecule has 4 rings (SSSR count). The van der Waals surface area contributed by atoms with Gasteiger partial charge in [-0.1, -0.05) is 11.8 Å². The molecule has 1 saturated carbocycles. The smallest absolute Gasteiger partial charge is 0.243 e. The van der Waals surface area contributed by atoms with Crippen molar-refractivity contribution in [3.63, 3.8) is 0 Å². The number of halogens is 3. The average molecular weight is 483 g/mol. The summed E-state index contributed by atoms with van der Waals surface area (Å²) < 4.78 is 42.1. The Bertz CT molecular complexity index is 1040. The lowest BCUT2D eigenvalue weighted by atomic mass is 10.1. The average Bonchev–Trinajstić information content (AvgIpc) is 3.58. The molecular weight excluding hydrogens is 457 g/mol. The molecule has 2 heterocycles. The van der Waals surface area contributed by atoms with E-state index in [1.807, 2.05) is 0 Å². The summed E-state index contributed by atoms with van der Waals surface area (Å²) in [6.07, 6.45) is 5.55. The molecule has 178 valence electrons. The number of carbonyl (C=O) groups is 2. The minimum Gasteiger partial charge on any atom is -0.346 e. The van der Waals surface area contributed by atoms with Crippen molar-refractivity contribution in [2.45, 2.75) is 55.5 Å². The summed E-state index contributed by atoms with van der Waals surface area (Å²) in [7, 11) is 0. The normalized spacial score (nSPS) is 17.0. The second-order valence-electron chi connectivity index (χ2n) is 8.18. The van der Waals surface area contributed by atoms with Gasteiger partial charge in [0.25, 0.3) is 0 Å². The molecule has 2 fully saturated rings. The summed E-state index contributed by atoms with van der Waals surface area (Å²) in [6, 6.07) is 1.96. The van der Waals surface area contributed by atoms with Gasteiger partial charge in [0.15, 0.2) is 22.6 Å². The molecule has 1 aliphatic carbocycles. The van der Waals surface area contributed by atoms with E-state index in [2.05, 4.69) is 30.3 Å². The van der Waals surface area contributed by atoms with Crippen molar-refractivity contribution >= 4 is 35.2 Å². The molecule has 1 aromatic heterocycles. The van der Waals surface area contributed by atoms with Crippen LogP contribution in [0.25, 0.3) is 0 Å². The maximum Gasteiger partial charge on any atom is 0.243 e. The fraction of sp³-hybridized carbons (Fsp3) is 0.524. The van der Waals surface area contributed by atoms with E-state index in [1.165, 1.54) is 18.2 Å². The van der Waals surface area contributed by atoms with Crippen molar-refractivity contribution < 1.29 is 22.8 Å². The van der Waals surface area contributed by atoms with E-state index in [0.717, 1.165) is 50.8 Å². The van der Waals surface area contributed by atoms with Crippen molar-refractivity contribution in [2.24, 2.45) is 0 Å². The van der Waals surface area contributed by atoms with Gasteiger partial charge in [-0.15, -0.1) is 10.2 Å². The first-order valence-electron chi connectivity index (χ1n) is 10.9. The molecule has 0 radical (unpaired) electrons. The van der Waals surface area contributed by atoms with Gasteiger partial charge >= 0.3 is 0 Å². The van der Waals surface area contributed by atoms with Crippen LogP contribution in [-0.2, 0) is 9.59 Å². The molecule has 12 heteroatoms. The predicted molar refractivity (Wildman–Crippen MR) is 118 cm³/mol. The number of nitrogens with one attached hydrogen (secondary N) is 2. The van der Waals surface area contributed by atoms with Gasteiger partial charge in [-0.05, 0) is 51.2 Å². The highest BCUT2D eigenvalue weighted by Gasteiger charge is 2.33. The molecule has 8 nitrogen and oxygen atoms in total. The van der Waals surface area contributed by atoms with Crippen LogP contribution in [-0.4, -0.2) is 51.5 Å². The lowest BCUT2D eigenvalue weighted by Crippen LogP contribution is -2.37. The minimum atomic E-state index is -1.68. The summed E-state index contributed by atoms with van der Waals surface area (Å²) >= 11 is 1.26. The van der Waals surface area contributed by atoms with Gasteiger partial charge in [0.1, 0.15) is 0 Å². The second kappa shape index (κ2) is 10.0. The van der Waals surface area contributed by atoms with Crippen molar-refractivity contribution in [2.75, 3.05) is 29.9 Å². The highest BCUT2D eigenvalue weighted by atomic mass is 32.2. The van der Waals surface area contributed by atoms with Gasteiger partial charge in [-0.3, -0.25) is 14.2 Å². The fourth-order valence-corrected chi connectivity index (χ4v) is 4.59. The Morgan fingerprint density at radius 3 is 2.55 bits per heavy atom. The lowest BCUT2D eigenvalue weighted by Gasteiger charge is -2.28. The highest BCUT2D eigenvalue weighted by Crippen LogP contribution is 2.42. The van der Waals surface area contributed by atoms with Crippen LogP contribution in [0.5, 0.6) is 0 Å². The summed E-state index contributed by atoms with van der Waals surface area (Å²) in [4.78, 5) is 26.8. The topological polar surface area (TPSA) is 92.2 Å². The van der Waals surface area contributed by atoms with Crippen LogP contribution >= 0.6 is 11.8 Å². The van der Waals surface area contributed by atoms with E-state index < -0.39 is 46.7 Å². The molecule has 1 aliphatic heterocycles. The third-order valence-corrected chi connectivity index (χ3v) is 6.64. The van der Waals surface area contributed by atoms with Crippen LogP contribution in [0, 0.1) is 17.5 Å². The number of rotatable bonds is 8. The molecule has 2 N–H and O–H groups in total. The van der Waals surface area contributed by atoms with E-state index in [1.54, 1.807) is 6.92 Å². The summed E-state index contributed by atoms with van der Waals surface area (Å²) in [5.74, 6) is -4.86. The number of nitrogens with zero attached hydrogens (tertiary/aromatic N) is 4. The molecule has 1 atom stereocenters. The molecule has 2 amide bonds. The third-order valence-electron chi connectivity index (χ3n) is 5.58. The quantitative estimate of drug-likeness (QED) is 0.443. The van der Waals surface area contributed by atoms with E-state index in [4.69, 9.17) is 0 Å². The maximum absolute atomic E-state index is 13.7. The number of aromatic nitrogens is 3. The van der Waals surface area contributed by atoms with Gasteiger partial charge in [0.2, 0.25) is 17.8 Å². The summed E-state index contributed by atoms with van der Waals surface area (Å²) in [5, 5.41) is 13.4. The van der Waals surface area contributed by atoms with Crippen LogP contribution in [0.3, 0.4) is 0 Å². The highest BCUT2D eigenvalue weighted by molar-refractivity contribution is 8.00. The molecule has 1 saturated heterocycles. The van der Waals surface area contributed by atoms with E-state index in [-0.39, 0.29) is 0 Å². The maximum atomic E-state index is 13.7. The van der Waals surface area contributed by atoms with E-state index in [0.29, 0.717) is 17.3 Å². The van der Waals surface area contributed by atoms with Crippen molar-refractivity contribution in [3.8, 4) is 0 Å². The summed E-state index contributed by atoms with van der Waals surface area (Å²) in [6.45, 7) is 3.13. The largest absolute Gasteiger partial charge is 0.346 e. The van der Waals surface area contributed by atoms with Crippen LogP contribution in [0.4, 0.5) is 24.8 Å². The van der Waals surface area contributed by atoms with Crippen LogP contribution in [0.15, 0.2) is 17.3 Å². The van der Waals surface area contributed by atoms with Gasteiger partial charge in [0.05, 0.1) is 17.5 Å². The molecule has 1 aromatic carbocycles. The van der Waals surface area contributed by atoms with Gasteiger partial charge in [0, 0.05) is 19.1 Å². The zero-order valence-electron chi connectivity index (χ0n) is 18.1. The number of hydrogen-bond acceptors (Lipinski definition) is 6. The van der Waals surface area contributed by atoms with Crippen molar-refractivity contribution in [1.82, 2.24) is 20.1 Å². The van der Waals surface area contributed by atoms with Gasteiger partial charge < -0.3 is 15.5 Å². The molecular formula is C21H25F3N6O2S. The Hall–Kier alpha value is -2.76. The van der Waals surface area contributed by atoms with Crippen molar-refractivity contribution in [1.29, 1.82) is 0 Å². The Kier molecular flexibility index (Phi) is 7.11. The first-order chi connectivity index (χ1) is 15.8. The molecule has 33 heavy (non-hydrogen) atoms. The Morgan fingerprint density at radius 1 is 1.12 bits per heavy atom. The van der Waals surface area contributed by atoms with E-state index in [9.17, 15) is 22.8 Å².